The molecule has 3 nitrogen and oxygen atoms in total. The molecule has 1 aromatic heterocycles. The van der Waals surface area contributed by atoms with Crippen LogP contribution in [0.5, 0.6) is 0 Å². The lowest BCUT2D eigenvalue weighted by molar-refractivity contribution is -0.137. The fraction of sp³-hybridized carbons (Fsp3) is 0.235. The molecule has 0 fully saturated rings. The SMILES string of the molecule is Cc1ccc(C(=O)[C@H](C#N)c2ccc(C(F)(F)F)cn2)c(C)c1. The molecule has 0 amide bonds. The van der Waals surface area contributed by atoms with Crippen molar-refractivity contribution in [3.8, 4) is 6.07 Å². The molecular formula is C17H13F3N2O. The van der Waals surface area contributed by atoms with Crippen molar-refractivity contribution in [2.24, 2.45) is 0 Å². The van der Waals surface area contributed by atoms with Gasteiger partial charge in [0.1, 0.15) is 0 Å². The Morgan fingerprint density at radius 3 is 2.39 bits per heavy atom. The van der Waals surface area contributed by atoms with Crippen LogP contribution in [-0.4, -0.2) is 10.8 Å². The van der Waals surface area contributed by atoms with Gasteiger partial charge in [0.25, 0.3) is 0 Å². The lowest BCUT2D eigenvalue weighted by Gasteiger charge is -2.12. The van der Waals surface area contributed by atoms with Gasteiger partial charge in [0.05, 0.1) is 17.3 Å². The summed E-state index contributed by atoms with van der Waals surface area (Å²) in [6, 6.07) is 8.88. The highest BCUT2D eigenvalue weighted by atomic mass is 19.4. The number of hydrogen-bond donors (Lipinski definition) is 0. The van der Waals surface area contributed by atoms with Gasteiger partial charge in [-0.05, 0) is 31.5 Å². The van der Waals surface area contributed by atoms with E-state index in [1.807, 2.05) is 19.1 Å². The van der Waals surface area contributed by atoms with Crippen molar-refractivity contribution in [1.29, 1.82) is 5.26 Å². The molecule has 0 aliphatic carbocycles. The molecule has 0 spiro atoms. The lowest BCUT2D eigenvalue weighted by atomic mass is 9.92. The number of nitriles is 1. The summed E-state index contributed by atoms with van der Waals surface area (Å²) in [6.45, 7) is 3.62. The molecule has 23 heavy (non-hydrogen) atoms. The van der Waals surface area contributed by atoms with Crippen molar-refractivity contribution in [2.45, 2.75) is 25.9 Å². The zero-order valence-corrected chi connectivity index (χ0v) is 12.5. The van der Waals surface area contributed by atoms with Crippen LogP contribution in [0.15, 0.2) is 36.5 Å². The molecule has 6 heteroatoms. The predicted octanol–water partition coefficient (Wildman–Crippen LogP) is 4.21. The van der Waals surface area contributed by atoms with Crippen molar-refractivity contribution in [3.05, 3.63) is 64.5 Å². The van der Waals surface area contributed by atoms with E-state index in [1.54, 1.807) is 19.1 Å². The molecule has 0 bridgehead atoms. The first kappa shape index (κ1) is 16.7. The van der Waals surface area contributed by atoms with Crippen molar-refractivity contribution in [2.75, 3.05) is 0 Å². The molecular weight excluding hydrogens is 305 g/mol. The maximum absolute atomic E-state index is 12.5. The Labute approximate surface area is 131 Å². The summed E-state index contributed by atoms with van der Waals surface area (Å²) >= 11 is 0. The molecule has 0 aliphatic heterocycles. The number of aromatic nitrogens is 1. The van der Waals surface area contributed by atoms with E-state index < -0.39 is 23.4 Å². The summed E-state index contributed by atoms with van der Waals surface area (Å²) in [6.07, 6.45) is -3.87. The third-order valence-electron chi connectivity index (χ3n) is 3.45. The molecule has 0 aliphatic rings. The largest absolute Gasteiger partial charge is 0.417 e. The minimum Gasteiger partial charge on any atom is -0.292 e. The van der Waals surface area contributed by atoms with Gasteiger partial charge in [-0.3, -0.25) is 9.78 Å². The van der Waals surface area contributed by atoms with Crippen molar-refractivity contribution < 1.29 is 18.0 Å². The minimum atomic E-state index is -4.51. The molecule has 0 saturated heterocycles. The number of ketones is 1. The standard InChI is InChI=1S/C17H13F3N2O/c1-10-3-5-13(11(2)7-10)16(23)14(8-21)15-6-4-12(9-22-15)17(18,19)20/h3-7,9,14H,1-2H3/t14-/m1/s1. The summed E-state index contributed by atoms with van der Waals surface area (Å²) in [5.74, 6) is -1.71. The van der Waals surface area contributed by atoms with Crippen LogP contribution >= 0.6 is 0 Å². The average Bonchev–Trinajstić information content (AvgIpc) is 2.47. The van der Waals surface area contributed by atoms with Gasteiger partial charge in [-0.25, -0.2) is 0 Å². The first-order valence-electron chi connectivity index (χ1n) is 6.78. The fourth-order valence-corrected chi connectivity index (χ4v) is 2.25. The molecule has 2 aromatic rings. The van der Waals surface area contributed by atoms with Gasteiger partial charge in [-0.2, -0.15) is 18.4 Å². The van der Waals surface area contributed by atoms with Crippen molar-refractivity contribution in [3.63, 3.8) is 0 Å². The topological polar surface area (TPSA) is 53.8 Å². The average molecular weight is 318 g/mol. The van der Waals surface area contributed by atoms with Gasteiger partial charge < -0.3 is 0 Å². The number of carbonyl (C=O) groups excluding carboxylic acids is 1. The second-order valence-electron chi connectivity index (χ2n) is 5.21. The van der Waals surface area contributed by atoms with Crippen LogP contribution in [0.4, 0.5) is 13.2 Å². The van der Waals surface area contributed by atoms with Crippen molar-refractivity contribution in [1.82, 2.24) is 4.98 Å². The monoisotopic (exact) mass is 318 g/mol. The second kappa shape index (κ2) is 6.21. The van der Waals surface area contributed by atoms with Crippen LogP contribution in [0, 0.1) is 25.2 Å². The number of hydrogen-bond acceptors (Lipinski definition) is 3. The molecule has 1 aromatic carbocycles. The number of aryl methyl sites for hydroxylation is 2. The molecule has 1 atom stereocenters. The molecule has 0 saturated carbocycles. The fourth-order valence-electron chi connectivity index (χ4n) is 2.25. The number of halogens is 3. The predicted molar refractivity (Wildman–Crippen MR) is 77.8 cm³/mol. The van der Waals surface area contributed by atoms with Crippen LogP contribution in [0.3, 0.4) is 0 Å². The van der Waals surface area contributed by atoms with Gasteiger partial charge in [0, 0.05) is 11.8 Å². The minimum absolute atomic E-state index is 0.00507. The highest BCUT2D eigenvalue weighted by molar-refractivity contribution is 6.03. The normalized spacial score (nSPS) is 12.5. The van der Waals surface area contributed by atoms with E-state index in [0.29, 0.717) is 17.3 Å². The summed E-state index contributed by atoms with van der Waals surface area (Å²) in [7, 11) is 0. The van der Waals surface area contributed by atoms with Gasteiger partial charge in [-0.15, -0.1) is 0 Å². The van der Waals surface area contributed by atoms with E-state index in [0.717, 1.165) is 17.7 Å². The Balaban J connectivity index is 2.36. The first-order valence-corrected chi connectivity index (χ1v) is 6.78. The Morgan fingerprint density at radius 1 is 1.22 bits per heavy atom. The van der Waals surface area contributed by atoms with Gasteiger partial charge in [-0.1, -0.05) is 23.8 Å². The summed E-state index contributed by atoms with van der Waals surface area (Å²) < 4.78 is 37.6. The first-order chi connectivity index (χ1) is 10.7. The Kier molecular flexibility index (Phi) is 4.50. The highest BCUT2D eigenvalue weighted by Crippen LogP contribution is 2.29. The van der Waals surface area contributed by atoms with E-state index in [-0.39, 0.29) is 5.69 Å². The molecule has 1 heterocycles. The number of rotatable bonds is 3. The quantitative estimate of drug-likeness (QED) is 0.797. The number of Topliss-reactive ketones (excluding diaryl/α,β-unsaturated/α-hetero) is 1. The second-order valence-corrected chi connectivity index (χ2v) is 5.21. The zero-order valence-electron chi connectivity index (χ0n) is 12.5. The van der Waals surface area contributed by atoms with Crippen LogP contribution < -0.4 is 0 Å². The number of nitrogens with zero attached hydrogens (tertiary/aromatic N) is 2. The number of pyridine rings is 1. The molecule has 2 rings (SSSR count). The van der Waals surface area contributed by atoms with E-state index in [4.69, 9.17) is 0 Å². The van der Waals surface area contributed by atoms with E-state index in [2.05, 4.69) is 4.98 Å². The van der Waals surface area contributed by atoms with Gasteiger partial charge in [0.15, 0.2) is 11.7 Å². The molecule has 118 valence electrons. The van der Waals surface area contributed by atoms with Crippen LogP contribution in [-0.2, 0) is 6.18 Å². The molecule has 0 unspecified atom stereocenters. The maximum atomic E-state index is 12.5. The number of benzene rings is 1. The molecule has 0 radical (unpaired) electrons. The zero-order chi connectivity index (χ0) is 17.2. The van der Waals surface area contributed by atoms with E-state index in [1.165, 1.54) is 0 Å². The van der Waals surface area contributed by atoms with Gasteiger partial charge in [0.2, 0.25) is 0 Å². The third kappa shape index (κ3) is 3.57. The Morgan fingerprint density at radius 2 is 1.91 bits per heavy atom. The summed E-state index contributed by atoms with van der Waals surface area (Å²) in [5, 5.41) is 9.25. The number of alkyl halides is 3. The van der Waals surface area contributed by atoms with Crippen LogP contribution in [0.1, 0.15) is 38.7 Å². The summed E-state index contributed by atoms with van der Waals surface area (Å²) in [5.41, 5.74) is 1.13. The third-order valence-corrected chi connectivity index (χ3v) is 3.45. The maximum Gasteiger partial charge on any atom is 0.417 e. The Bertz CT molecular complexity index is 774. The summed E-state index contributed by atoms with van der Waals surface area (Å²) in [4.78, 5) is 16.2. The van der Waals surface area contributed by atoms with E-state index >= 15 is 0 Å². The molecule has 0 N–H and O–H groups in total. The van der Waals surface area contributed by atoms with Gasteiger partial charge >= 0.3 is 6.18 Å². The van der Waals surface area contributed by atoms with Crippen molar-refractivity contribution >= 4 is 5.78 Å². The smallest absolute Gasteiger partial charge is 0.292 e. The van der Waals surface area contributed by atoms with Crippen LogP contribution in [0.25, 0.3) is 0 Å². The lowest BCUT2D eigenvalue weighted by Crippen LogP contribution is -2.15. The Hall–Kier alpha value is -2.68. The highest BCUT2D eigenvalue weighted by Gasteiger charge is 2.32. The van der Waals surface area contributed by atoms with Crippen LogP contribution in [0.2, 0.25) is 0 Å². The van der Waals surface area contributed by atoms with E-state index in [9.17, 15) is 23.2 Å². The number of carbonyl (C=O) groups is 1.